The van der Waals surface area contributed by atoms with Gasteiger partial charge in [-0.1, -0.05) is 25.9 Å². The Kier molecular flexibility index (Phi) is 5.98. The second kappa shape index (κ2) is 7.61. The number of ether oxygens (including phenoxy) is 1. The van der Waals surface area contributed by atoms with E-state index in [-0.39, 0.29) is 11.9 Å². The Hall–Kier alpha value is -1.47. The van der Waals surface area contributed by atoms with Crippen molar-refractivity contribution in [2.24, 2.45) is 11.8 Å². The van der Waals surface area contributed by atoms with Crippen LogP contribution >= 0.6 is 0 Å². The van der Waals surface area contributed by atoms with E-state index in [1.807, 2.05) is 6.92 Å². The summed E-state index contributed by atoms with van der Waals surface area (Å²) in [5.74, 6) is 2.16. The van der Waals surface area contributed by atoms with E-state index in [1.165, 1.54) is 0 Å². The largest absolute Gasteiger partial charge is 0.369 e. The highest BCUT2D eigenvalue weighted by Gasteiger charge is 2.38. The minimum Gasteiger partial charge on any atom is -0.369 e. The molecule has 0 radical (unpaired) electrons. The molecule has 2 heterocycles. The fourth-order valence-electron chi connectivity index (χ4n) is 3.00. The number of carbonyl (C=O) groups is 1. The molecule has 1 fully saturated rings. The van der Waals surface area contributed by atoms with Gasteiger partial charge in [-0.25, -0.2) is 0 Å². The average Bonchev–Trinajstić information content (AvgIpc) is 3.14. The molecule has 2 rings (SSSR count). The van der Waals surface area contributed by atoms with Gasteiger partial charge in [-0.3, -0.25) is 9.69 Å². The summed E-state index contributed by atoms with van der Waals surface area (Å²) in [6.45, 7) is 12.3. The van der Waals surface area contributed by atoms with Gasteiger partial charge in [0.1, 0.15) is 5.60 Å². The lowest BCUT2D eigenvalue weighted by Gasteiger charge is -2.28. The monoisotopic (exact) mass is 338 g/mol. The Bertz CT molecular complexity index is 556. The van der Waals surface area contributed by atoms with Crippen molar-refractivity contribution in [1.82, 2.24) is 20.4 Å². The second-order valence-corrected chi connectivity index (χ2v) is 7.35. The molecule has 1 aliphatic heterocycles. The van der Waals surface area contributed by atoms with E-state index >= 15 is 0 Å². The summed E-state index contributed by atoms with van der Waals surface area (Å²) in [6.07, 6.45) is 0.742. The molecular formula is C17H30N4O3. The van der Waals surface area contributed by atoms with Gasteiger partial charge in [-0.2, -0.15) is 4.98 Å². The first-order chi connectivity index (χ1) is 11.3. The number of rotatable bonds is 7. The van der Waals surface area contributed by atoms with Gasteiger partial charge in [0.2, 0.25) is 5.89 Å². The fourth-order valence-corrected chi connectivity index (χ4v) is 3.00. The van der Waals surface area contributed by atoms with Crippen LogP contribution in [0.2, 0.25) is 0 Å². The molecule has 0 spiro atoms. The summed E-state index contributed by atoms with van der Waals surface area (Å²) < 4.78 is 10.5. The SMILES string of the molecule is CCc1nc(CN2C[C@@H](NC(=O)C(C)(C)OC)[C@H](C(C)C)C2)no1. The Labute approximate surface area is 144 Å². The number of aryl methyl sites for hydroxylation is 1. The third-order valence-electron chi connectivity index (χ3n) is 4.85. The van der Waals surface area contributed by atoms with Crippen LogP contribution in [0.4, 0.5) is 0 Å². The molecule has 0 unspecified atom stereocenters. The lowest BCUT2D eigenvalue weighted by Crippen LogP contribution is -2.51. The first-order valence-electron chi connectivity index (χ1n) is 8.66. The van der Waals surface area contributed by atoms with Gasteiger partial charge >= 0.3 is 0 Å². The predicted octanol–water partition coefficient (Wildman–Crippen LogP) is 1.63. The highest BCUT2D eigenvalue weighted by molar-refractivity contribution is 5.84. The molecule has 1 amide bonds. The summed E-state index contributed by atoms with van der Waals surface area (Å²) in [6, 6.07) is 0.101. The molecule has 2 atom stereocenters. The van der Waals surface area contributed by atoms with Crippen LogP contribution in [0, 0.1) is 11.8 Å². The fraction of sp³-hybridized carbons (Fsp3) is 0.824. The topological polar surface area (TPSA) is 80.5 Å². The maximum atomic E-state index is 12.4. The summed E-state index contributed by atoms with van der Waals surface area (Å²) in [4.78, 5) is 19.1. The lowest BCUT2D eigenvalue weighted by atomic mass is 9.91. The van der Waals surface area contributed by atoms with E-state index in [2.05, 4.69) is 34.2 Å². The van der Waals surface area contributed by atoms with E-state index in [0.29, 0.717) is 30.1 Å². The van der Waals surface area contributed by atoms with Crippen LogP contribution in [-0.4, -0.2) is 52.8 Å². The van der Waals surface area contributed by atoms with Crippen molar-refractivity contribution in [1.29, 1.82) is 0 Å². The highest BCUT2D eigenvalue weighted by atomic mass is 16.5. The van der Waals surface area contributed by atoms with Crippen LogP contribution in [0.5, 0.6) is 0 Å². The van der Waals surface area contributed by atoms with Gasteiger partial charge in [-0.05, 0) is 25.7 Å². The standard InChI is InChI=1S/C17H30N4O3/c1-7-15-19-14(20-24-15)10-21-8-12(11(2)3)13(9-21)18-16(22)17(4,5)23-6/h11-13H,7-10H2,1-6H3,(H,18,22)/t12-,13+/m0/s1. The maximum Gasteiger partial charge on any atom is 0.251 e. The van der Waals surface area contributed by atoms with Gasteiger partial charge in [0.25, 0.3) is 5.91 Å². The van der Waals surface area contributed by atoms with Gasteiger partial charge < -0.3 is 14.6 Å². The number of hydrogen-bond acceptors (Lipinski definition) is 6. The van der Waals surface area contributed by atoms with Crippen molar-refractivity contribution in [3.63, 3.8) is 0 Å². The number of aromatic nitrogens is 2. The Balaban J connectivity index is 2.01. The van der Waals surface area contributed by atoms with E-state index < -0.39 is 5.60 Å². The van der Waals surface area contributed by atoms with E-state index in [1.54, 1.807) is 21.0 Å². The molecule has 7 heteroatoms. The zero-order chi connectivity index (χ0) is 17.9. The summed E-state index contributed by atoms with van der Waals surface area (Å²) in [7, 11) is 1.56. The number of hydrogen-bond donors (Lipinski definition) is 1. The van der Waals surface area contributed by atoms with Gasteiger partial charge in [0.15, 0.2) is 5.82 Å². The normalized spacial score (nSPS) is 22.3. The van der Waals surface area contributed by atoms with Crippen LogP contribution in [0.15, 0.2) is 4.52 Å². The number of methoxy groups -OCH3 is 1. The molecule has 136 valence electrons. The van der Waals surface area contributed by atoms with Crippen LogP contribution in [-0.2, 0) is 22.5 Å². The summed E-state index contributed by atoms with van der Waals surface area (Å²) >= 11 is 0. The molecule has 0 aliphatic carbocycles. The predicted molar refractivity (Wildman–Crippen MR) is 90.3 cm³/mol. The van der Waals surface area contributed by atoms with Crippen molar-refractivity contribution in [3.05, 3.63) is 11.7 Å². The molecule has 0 aromatic carbocycles. The molecule has 1 aliphatic rings. The Morgan fingerprint density at radius 3 is 2.71 bits per heavy atom. The first kappa shape index (κ1) is 18.9. The van der Waals surface area contributed by atoms with Gasteiger partial charge in [0.05, 0.1) is 6.54 Å². The smallest absolute Gasteiger partial charge is 0.251 e. The Morgan fingerprint density at radius 1 is 1.46 bits per heavy atom. The average molecular weight is 338 g/mol. The lowest BCUT2D eigenvalue weighted by molar-refractivity contribution is -0.140. The molecule has 1 saturated heterocycles. The van der Waals surface area contributed by atoms with Gasteiger partial charge in [0, 0.05) is 32.7 Å². The molecule has 0 bridgehead atoms. The van der Waals surface area contributed by atoms with Crippen LogP contribution in [0.25, 0.3) is 0 Å². The number of carbonyl (C=O) groups excluding carboxylic acids is 1. The van der Waals surface area contributed by atoms with Crippen LogP contribution in [0.3, 0.4) is 0 Å². The molecule has 1 aromatic rings. The molecule has 7 nitrogen and oxygen atoms in total. The quantitative estimate of drug-likeness (QED) is 0.814. The van der Waals surface area contributed by atoms with Crippen LogP contribution < -0.4 is 5.32 Å². The zero-order valence-corrected chi connectivity index (χ0v) is 15.6. The maximum absolute atomic E-state index is 12.4. The van der Waals surface area contributed by atoms with E-state index in [0.717, 1.165) is 19.5 Å². The molecular weight excluding hydrogens is 308 g/mol. The number of nitrogens with one attached hydrogen (secondary N) is 1. The minimum atomic E-state index is -0.821. The Morgan fingerprint density at radius 2 is 2.17 bits per heavy atom. The first-order valence-corrected chi connectivity index (χ1v) is 8.66. The third-order valence-corrected chi connectivity index (χ3v) is 4.85. The number of likely N-dealkylation sites (tertiary alicyclic amines) is 1. The summed E-state index contributed by atoms with van der Waals surface area (Å²) in [5.41, 5.74) is -0.821. The molecule has 1 N–H and O–H groups in total. The van der Waals surface area contributed by atoms with E-state index in [4.69, 9.17) is 9.26 Å². The number of amides is 1. The van der Waals surface area contributed by atoms with Gasteiger partial charge in [-0.15, -0.1) is 0 Å². The van der Waals surface area contributed by atoms with Crippen molar-refractivity contribution in [2.45, 2.75) is 59.2 Å². The molecule has 1 aromatic heterocycles. The molecule has 24 heavy (non-hydrogen) atoms. The van der Waals surface area contributed by atoms with Crippen molar-refractivity contribution < 1.29 is 14.1 Å². The third kappa shape index (κ3) is 4.33. The highest BCUT2D eigenvalue weighted by Crippen LogP contribution is 2.26. The summed E-state index contributed by atoms with van der Waals surface area (Å²) in [5, 5.41) is 7.19. The minimum absolute atomic E-state index is 0.0738. The van der Waals surface area contributed by atoms with Crippen molar-refractivity contribution in [2.75, 3.05) is 20.2 Å². The zero-order valence-electron chi connectivity index (χ0n) is 15.6. The molecule has 0 saturated carbocycles. The van der Waals surface area contributed by atoms with Crippen molar-refractivity contribution in [3.8, 4) is 0 Å². The second-order valence-electron chi connectivity index (χ2n) is 7.35. The number of nitrogens with zero attached hydrogens (tertiary/aromatic N) is 3. The van der Waals surface area contributed by atoms with Crippen LogP contribution in [0.1, 0.15) is 46.3 Å². The van der Waals surface area contributed by atoms with E-state index in [9.17, 15) is 4.79 Å². The van der Waals surface area contributed by atoms with Crippen molar-refractivity contribution >= 4 is 5.91 Å².